The van der Waals surface area contributed by atoms with Gasteiger partial charge in [0.15, 0.2) is 5.78 Å². The highest BCUT2D eigenvalue weighted by Crippen LogP contribution is 2.34. The number of methoxy groups -OCH3 is 1. The molecule has 1 saturated heterocycles. The fourth-order valence-corrected chi connectivity index (χ4v) is 5.39. The number of hydrogen-bond donors (Lipinski definition) is 0. The number of ketones is 1. The van der Waals surface area contributed by atoms with Gasteiger partial charge in [-0.15, -0.1) is 5.92 Å². The number of nitrogens with zero attached hydrogens (tertiary/aromatic N) is 1. The summed E-state index contributed by atoms with van der Waals surface area (Å²) >= 11 is 0. The molecule has 1 aliphatic heterocycles. The Morgan fingerprint density at radius 1 is 1.02 bits per heavy atom. The summed E-state index contributed by atoms with van der Waals surface area (Å²) in [4.78, 5) is 38.6. The molecule has 0 radical (unpaired) electrons. The summed E-state index contributed by atoms with van der Waals surface area (Å²) in [5.74, 6) is 5.02. The number of esters is 2. The van der Waals surface area contributed by atoms with Crippen molar-refractivity contribution in [1.82, 2.24) is 4.90 Å². The van der Waals surface area contributed by atoms with Crippen LogP contribution in [0.15, 0.2) is 54.6 Å². The first-order chi connectivity index (χ1) is 19.5. The summed E-state index contributed by atoms with van der Waals surface area (Å²) in [5, 5.41) is 0. The number of morpholine rings is 1. The van der Waals surface area contributed by atoms with E-state index in [4.69, 9.17) is 18.9 Å². The normalized spacial score (nSPS) is 21.8. The third-order valence-electron chi connectivity index (χ3n) is 7.37. The van der Waals surface area contributed by atoms with Crippen molar-refractivity contribution in [3.05, 3.63) is 60.2 Å². The number of benzene rings is 2. The molecule has 40 heavy (non-hydrogen) atoms. The van der Waals surface area contributed by atoms with E-state index in [0.717, 1.165) is 29.8 Å². The summed E-state index contributed by atoms with van der Waals surface area (Å²) in [6.45, 7) is 4.32. The number of carbonyl (C=O) groups is 3. The van der Waals surface area contributed by atoms with E-state index in [1.807, 2.05) is 18.2 Å². The van der Waals surface area contributed by atoms with Crippen LogP contribution in [0.5, 0.6) is 0 Å². The summed E-state index contributed by atoms with van der Waals surface area (Å²) in [5.41, 5.74) is 3.36. The SMILES string of the molecule is COC(=O)C(CC#CCC[C@H]1[C@@H](OCc2ccc(-c3ccccc3)cc2)CC(=O)[C@@H]1N1CCOCC1)OC(C)=O. The quantitative estimate of drug-likeness (QED) is 0.328. The zero-order valence-electron chi connectivity index (χ0n) is 23.2. The largest absolute Gasteiger partial charge is 0.466 e. The molecule has 212 valence electrons. The van der Waals surface area contributed by atoms with Crippen molar-refractivity contribution >= 4 is 17.7 Å². The Kier molecular flexibility index (Phi) is 10.9. The van der Waals surface area contributed by atoms with E-state index in [0.29, 0.717) is 39.1 Å². The van der Waals surface area contributed by atoms with Crippen molar-refractivity contribution in [2.45, 2.75) is 57.5 Å². The molecule has 0 amide bonds. The van der Waals surface area contributed by atoms with Gasteiger partial charge in [0, 0.05) is 38.8 Å². The van der Waals surface area contributed by atoms with Gasteiger partial charge in [0.2, 0.25) is 6.10 Å². The third-order valence-corrected chi connectivity index (χ3v) is 7.37. The molecular formula is C32H37NO7. The van der Waals surface area contributed by atoms with E-state index in [9.17, 15) is 14.4 Å². The number of ether oxygens (including phenoxy) is 4. The second-order valence-corrected chi connectivity index (χ2v) is 10.1. The van der Waals surface area contributed by atoms with Crippen molar-refractivity contribution < 1.29 is 33.3 Å². The zero-order valence-corrected chi connectivity index (χ0v) is 23.2. The molecule has 0 bridgehead atoms. The predicted molar refractivity (Wildman–Crippen MR) is 149 cm³/mol. The highest BCUT2D eigenvalue weighted by atomic mass is 16.6. The number of hydrogen-bond acceptors (Lipinski definition) is 8. The number of carbonyl (C=O) groups excluding carboxylic acids is 3. The Bertz CT molecular complexity index is 1200. The maximum Gasteiger partial charge on any atom is 0.348 e. The van der Waals surface area contributed by atoms with Crippen molar-refractivity contribution in [2.75, 3.05) is 33.4 Å². The lowest BCUT2D eigenvalue weighted by Gasteiger charge is -2.35. The average molecular weight is 548 g/mol. The van der Waals surface area contributed by atoms with Crippen molar-refractivity contribution in [1.29, 1.82) is 0 Å². The molecule has 4 atom stereocenters. The maximum absolute atomic E-state index is 13.2. The van der Waals surface area contributed by atoms with Gasteiger partial charge in [0.05, 0.1) is 45.5 Å². The maximum atomic E-state index is 13.2. The summed E-state index contributed by atoms with van der Waals surface area (Å²) in [7, 11) is 1.24. The van der Waals surface area contributed by atoms with Gasteiger partial charge < -0.3 is 18.9 Å². The fourth-order valence-electron chi connectivity index (χ4n) is 5.39. The first-order valence-electron chi connectivity index (χ1n) is 13.8. The zero-order chi connectivity index (χ0) is 28.3. The number of rotatable bonds is 10. The van der Waals surface area contributed by atoms with E-state index in [1.165, 1.54) is 14.0 Å². The summed E-state index contributed by atoms with van der Waals surface area (Å²) in [6, 6.07) is 18.3. The van der Waals surface area contributed by atoms with Gasteiger partial charge in [-0.25, -0.2) is 4.79 Å². The lowest BCUT2D eigenvalue weighted by atomic mass is 9.94. The molecule has 1 aliphatic carbocycles. The van der Waals surface area contributed by atoms with Crippen LogP contribution in [0.4, 0.5) is 0 Å². The Balaban J connectivity index is 1.39. The molecule has 4 rings (SSSR count). The smallest absolute Gasteiger partial charge is 0.348 e. The monoisotopic (exact) mass is 547 g/mol. The van der Waals surface area contributed by atoms with Gasteiger partial charge in [-0.05, 0) is 23.1 Å². The molecule has 1 unspecified atom stereocenters. The Labute approximate surface area is 235 Å². The summed E-state index contributed by atoms with van der Waals surface area (Å²) < 4.78 is 21.6. The third kappa shape index (κ3) is 8.01. The molecule has 2 aromatic carbocycles. The van der Waals surface area contributed by atoms with E-state index >= 15 is 0 Å². The molecule has 8 heteroatoms. The predicted octanol–water partition coefficient (Wildman–Crippen LogP) is 3.81. The topological polar surface area (TPSA) is 91.4 Å². The molecule has 0 spiro atoms. The first kappa shape index (κ1) is 29.5. The molecule has 8 nitrogen and oxygen atoms in total. The number of Topliss-reactive ketones (excluding diaryl/α,β-unsaturated/α-hetero) is 1. The fraction of sp³-hybridized carbons (Fsp3) is 0.469. The highest BCUT2D eigenvalue weighted by molar-refractivity contribution is 5.87. The lowest BCUT2D eigenvalue weighted by molar-refractivity contribution is -0.164. The summed E-state index contributed by atoms with van der Waals surface area (Å²) in [6.07, 6.45) is 0.377. The van der Waals surface area contributed by atoms with Crippen LogP contribution >= 0.6 is 0 Å². The van der Waals surface area contributed by atoms with Crippen LogP contribution in [0.2, 0.25) is 0 Å². The Morgan fingerprint density at radius 3 is 2.40 bits per heavy atom. The van der Waals surface area contributed by atoms with Crippen LogP contribution in [0, 0.1) is 17.8 Å². The minimum absolute atomic E-state index is 0.00614. The molecule has 2 aliphatic rings. The molecule has 1 heterocycles. The van der Waals surface area contributed by atoms with Crippen molar-refractivity contribution in [3.8, 4) is 23.0 Å². The van der Waals surface area contributed by atoms with Crippen LogP contribution in [0.3, 0.4) is 0 Å². The minimum atomic E-state index is -1.05. The molecule has 1 saturated carbocycles. The van der Waals surface area contributed by atoms with Gasteiger partial charge in [0.1, 0.15) is 0 Å². The van der Waals surface area contributed by atoms with Gasteiger partial charge in [-0.1, -0.05) is 60.5 Å². The Hall–Kier alpha value is -3.51. The standard InChI is InChI=1S/C32H37NO7/c1-23(34)40-29(32(36)37-2)12-8-4-7-11-27-30(21-28(35)31(27)33-17-19-38-20-18-33)39-22-24-13-15-26(16-14-24)25-9-5-3-6-10-25/h3,5-6,9-10,13-16,27,29-31H,7,11-12,17-22H2,1-2H3/t27-,29?,30-,31+/m0/s1. The van der Waals surface area contributed by atoms with Crippen LogP contribution < -0.4 is 0 Å². The van der Waals surface area contributed by atoms with Crippen LogP contribution in [-0.4, -0.2) is 74.3 Å². The minimum Gasteiger partial charge on any atom is -0.466 e. The van der Waals surface area contributed by atoms with Crippen molar-refractivity contribution in [3.63, 3.8) is 0 Å². The van der Waals surface area contributed by atoms with Crippen LogP contribution in [0.25, 0.3) is 11.1 Å². The molecule has 0 N–H and O–H groups in total. The molecule has 2 aromatic rings. The van der Waals surface area contributed by atoms with Gasteiger partial charge >= 0.3 is 11.9 Å². The second-order valence-electron chi connectivity index (χ2n) is 10.1. The van der Waals surface area contributed by atoms with Gasteiger partial charge in [-0.3, -0.25) is 14.5 Å². The van der Waals surface area contributed by atoms with E-state index in [-0.39, 0.29) is 30.3 Å². The van der Waals surface area contributed by atoms with E-state index in [1.54, 1.807) is 0 Å². The average Bonchev–Trinajstić information content (AvgIpc) is 3.30. The van der Waals surface area contributed by atoms with Crippen LogP contribution in [0.1, 0.15) is 38.2 Å². The van der Waals surface area contributed by atoms with Crippen LogP contribution in [-0.2, 0) is 39.9 Å². The second kappa shape index (κ2) is 14.8. The van der Waals surface area contributed by atoms with E-state index < -0.39 is 18.0 Å². The van der Waals surface area contributed by atoms with Gasteiger partial charge in [0.25, 0.3) is 0 Å². The highest BCUT2D eigenvalue weighted by Gasteiger charge is 2.45. The van der Waals surface area contributed by atoms with Gasteiger partial charge in [-0.2, -0.15) is 0 Å². The van der Waals surface area contributed by atoms with Crippen molar-refractivity contribution in [2.24, 2.45) is 5.92 Å². The molecule has 0 aromatic heterocycles. The Morgan fingerprint density at radius 2 is 1.73 bits per heavy atom. The van der Waals surface area contributed by atoms with E-state index in [2.05, 4.69) is 53.1 Å². The molecular weight excluding hydrogens is 510 g/mol. The molecule has 2 fully saturated rings. The first-order valence-corrected chi connectivity index (χ1v) is 13.8. The lowest BCUT2D eigenvalue weighted by Crippen LogP contribution is -2.49.